The second kappa shape index (κ2) is 7.80. The Hall–Kier alpha value is -2.39. The number of aromatic nitrogens is 2. The number of aliphatic hydroxyl groups is 1. The second-order valence-electron chi connectivity index (χ2n) is 12.6. The van der Waals surface area contributed by atoms with Crippen molar-refractivity contribution < 1.29 is 5.11 Å². The van der Waals surface area contributed by atoms with Crippen LogP contribution in [0.5, 0.6) is 0 Å². The van der Waals surface area contributed by atoms with E-state index in [0.29, 0.717) is 11.3 Å². The van der Waals surface area contributed by atoms with Crippen molar-refractivity contribution in [3.8, 4) is 16.9 Å². The van der Waals surface area contributed by atoms with Gasteiger partial charge in [0, 0.05) is 11.1 Å². The minimum Gasteiger partial charge on any atom is -0.393 e. The van der Waals surface area contributed by atoms with E-state index < -0.39 is 0 Å². The maximum Gasteiger partial charge on any atom is 0.0776 e. The molecule has 3 nitrogen and oxygen atoms in total. The monoisotopic (exact) mass is 466 g/mol. The van der Waals surface area contributed by atoms with Crippen LogP contribution < -0.4 is 0 Å². The molecule has 3 fully saturated rings. The van der Waals surface area contributed by atoms with Crippen molar-refractivity contribution in [1.29, 1.82) is 0 Å². The molecule has 0 spiro atoms. The maximum atomic E-state index is 10.9. The smallest absolute Gasteiger partial charge is 0.0776 e. The zero-order chi connectivity index (χ0) is 23.8. The van der Waals surface area contributed by atoms with Crippen LogP contribution in [0.25, 0.3) is 16.9 Å². The normalized spacial score (nSPS) is 37.7. The average Bonchev–Trinajstić information content (AvgIpc) is 3.40. The van der Waals surface area contributed by atoms with Gasteiger partial charge in [-0.05, 0) is 98.0 Å². The molecule has 1 heterocycles. The van der Waals surface area contributed by atoms with Gasteiger partial charge in [-0.2, -0.15) is 5.10 Å². The Morgan fingerprint density at radius 3 is 2.31 bits per heavy atom. The number of hydrogen-bond acceptors (Lipinski definition) is 2. The molecule has 4 aliphatic carbocycles. The molecule has 1 aromatic heterocycles. The fourth-order valence-electron chi connectivity index (χ4n) is 9.23. The van der Waals surface area contributed by atoms with Crippen LogP contribution in [0.2, 0.25) is 0 Å². The highest BCUT2D eigenvalue weighted by atomic mass is 16.3. The van der Waals surface area contributed by atoms with E-state index in [1.165, 1.54) is 54.6 Å². The van der Waals surface area contributed by atoms with Crippen LogP contribution in [-0.4, -0.2) is 21.0 Å². The molecule has 3 saturated carbocycles. The summed E-state index contributed by atoms with van der Waals surface area (Å²) in [7, 11) is 0. The zero-order valence-corrected chi connectivity index (χ0v) is 21.2. The van der Waals surface area contributed by atoms with Gasteiger partial charge in [0.1, 0.15) is 0 Å². The molecule has 182 valence electrons. The number of nitrogens with zero attached hydrogens (tertiary/aromatic N) is 2. The van der Waals surface area contributed by atoms with Gasteiger partial charge in [-0.15, -0.1) is 0 Å². The van der Waals surface area contributed by atoms with E-state index in [9.17, 15) is 5.11 Å². The number of para-hydroxylation sites is 1. The largest absolute Gasteiger partial charge is 0.393 e. The molecule has 0 saturated heterocycles. The number of benzene rings is 2. The highest BCUT2D eigenvalue weighted by Crippen LogP contribution is 2.65. The molecule has 2 aromatic carbocycles. The van der Waals surface area contributed by atoms with Crippen molar-refractivity contribution in [3.05, 3.63) is 71.9 Å². The van der Waals surface area contributed by atoms with Gasteiger partial charge < -0.3 is 5.11 Å². The van der Waals surface area contributed by atoms with E-state index in [2.05, 4.69) is 79.2 Å². The predicted molar refractivity (Wildman–Crippen MR) is 140 cm³/mol. The molecule has 0 radical (unpaired) electrons. The Balaban J connectivity index is 1.33. The van der Waals surface area contributed by atoms with E-state index in [4.69, 9.17) is 5.10 Å². The minimum atomic E-state index is -0.0919. The SMILES string of the molecule is C[C@]12Cc3c(nn(-c4ccccc4)c3-c3ccccc3)C[C@@H]1CC[C@@H]1[C@@H]2CC[C@]2(C)[C@@H](O)CC[C@@H]12. The van der Waals surface area contributed by atoms with Crippen LogP contribution in [0.1, 0.15) is 63.6 Å². The third-order valence-corrected chi connectivity index (χ3v) is 11.1. The summed E-state index contributed by atoms with van der Waals surface area (Å²) in [5, 5.41) is 16.1. The van der Waals surface area contributed by atoms with Gasteiger partial charge in [0.25, 0.3) is 0 Å². The third-order valence-electron chi connectivity index (χ3n) is 11.1. The first-order chi connectivity index (χ1) is 17.0. The Morgan fingerprint density at radius 1 is 0.829 bits per heavy atom. The van der Waals surface area contributed by atoms with E-state index in [1.54, 1.807) is 0 Å². The quantitative estimate of drug-likeness (QED) is 0.448. The summed E-state index contributed by atoms with van der Waals surface area (Å²) in [6.07, 6.45) is 9.54. The zero-order valence-electron chi connectivity index (χ0n) is 21.2. The van der Waals surface area contributed by atoms with Crippen molar-refractivity contribution in [3.63, 3.8) is 0 Å². The minimum absolute atomic E-state index is 0.0919. The van der Waals surface area contributed by atoms with Gasteiger partial charge in [0.05, 0.1) is 23.2 Å². The molecule has 3 aromatic rings. The lowest BCUT2D eigenvalue weighted by atomic mass is 9.45. The molecule has 1 N–H and O–H groups in total. The van der Waals surface area contributed by atoms with Crippen molar-refractivity contribution in [2.75, 3.05) is 0 Å². The number of fused-ring (bicyclic) bond motifs is 6. The fraction of sp³-hybridized carbons (Fsp3) is 0.531. The van der Waals surface area contributed by atoms with Gasteiger partial charge >= 0.3 is 0 Å². The highest BCUT2D eigenvalue weighted by molar-refractivity contribution is 5.68. The third kappa shape index (κ3) is 3.10. The molecule has 35 heavy (non-hydrogen) atoms. The molecule has 0 unspecified atom stereocenters. The van der Waals surface area contributed by atoms with Crippen molar-refractivity contribution in [2.24, 2.45) is 34.5 Å². The van der Waals surface area contributed by atoms with E-state index in [-0.39, 0.29) is 11.5 Å². The fourth-order valence-corrected chi connectivity index (χ4v) is 9.23. The molecule has 3 heteroatoms. The van der Waals surface area contributed by atoms with Crippen LogP contribution >= 0.6 is 0 Å². The van der Waals surface area contributed by atoms with Gasteiger partial charge in [-0.3, -0.25) is 0 Å². The first-order valence-electron chi connectivity index (χ1n) is 13.9. The van der Waals surface area contributed by atoms with Crippen LogP contribution in [-0.2, 0) is 12.8 Å². The molecule has 0 amide bonds. The Morgan fingerprint density at radius 2 is 1.54 bits per heavy atom. The molecular weight excluding hydrogens is 428 g/mol. The van der Waals surface area contributed by atoms with E-state index in [0.717, 1.165) is 42.7 Å². The molecule has 7 atom stereocenters. The molecule has 0 aliphatic heterocycles. The van der Waals surface area contributed by atoms with Crippen molar-refractivity contribution in [1.82, 2.24) is 9.78 Å². The number of hydrogen-bond donors (Lipinski definition) is 1. The lowest BCUT2D eigenvalue weighted by Crippen LogP contribution is -2.54. The van der Waals surface area contributed by atoms with Crippen LogP contribution in [0.4, 0.5) is 0 Å². The summed E-state index contributed by atoms with van der Waals surface area (Å²) in [5.74, 6) is 2.96. The Kier molecular flexibility index (Phi) is 4.87. The summed E-state index contributed by atoms with van der Waals surface area (Å²) in [6, 6.07) is 21.6. The Bertz CT molecular complexity index is 1230. The summed E-state index contributed by atoms with van der Waals surface area (Å²) in [6.45, 7) is 5.02. The first-order valence-corrected chi connectivity index (χ1v) is 13.9. The van der Waals surface area contributed by atoms with Gasteiger partial charge in [-0.1, -0.05) is 62.4 Å². The summed E-state index contributed by atoms with van der Waals surface area (Å²) >= 11 is 0. The van der Waals surface area contributed by atoms with Crippen LogP contribution in [0, 0.1) is 34.5 Å². The first kappa shape index (κ1) is 21.9. The van der Waals surface area contributed by atoms with Crippen LogP contribution in [0.3, 0.4) is 0 Å². The molecule has 7 rings (SSSR count). The maximum absolute atomic E-state index is 10.9. The van der Waals surface area contributed by atoms with Crippen molar-refractivity contribution >= 4 is 0 Å². The van der Waals surface area contributed by atoms with Crippen molar-refractivity contribution in [2.45, 2.75) is 71.3 Å². The molecule has 4 aliphatic rings. The standard InChI is InChI=1S/C32H38N2O/c1-31-18-17-27-24(26(31)15-16-29(31)35)14-13-22-19-28-25(20-32(22,27)2)30(21-9-5-3-6-10-21)34(33-28)23-11-7-4-8-12-23/h3-12,22,24,26-27,29,35H,13-20H2,1-2H3/t22-,24-,26-,27-,29-,31-,32-/m0/s1. The number of aliphatic hydroxyl groups excluding tert-OH is 1. The van der Waals surface area contributed by atoms with E-state index >= 15 is 0 Å². The van der Waals surface area contributed by atoms with Crippen LogP contribution in [0.15, 0.2) is 60.7 Å². The summed E-state index contributed by atoms with van der Waals surface area (Å²) in [4.78, 5) is 0. The highest BCUT2D eigenvalue weighted by Gasteiger charge is 2.60. The molecule has 0 bridgehead atoms. The van der Waals surface area contributed by atoms with E-state index in [1.807, 2.05) is 0 Å². The topological polar surface area (TPSA) is 38.0 Å². The average molecular weight is 467 g/mol. The van der Waals surface area contributed by atoms with Gasteiger partial charge in [0.2, 0.25) is 0 Å². The van der Waals surface area contributed by atoms with Gasteiger partial charge in [0.15, 0.2) is 0 Å². The predicted octanol–water partition coefficient (Wildman–Crippen LogP) is 6.86. The lowest BCUT2D eigenvalue weighted by Gasteiger charge is -2.60. The van der Waals surface area contributed by atoms with Gasteiger partial charge in [-0.25, -0.2) is 4.68 Å². The summed E-state index contributed by atoms with van der Waals surface area (Å²) < 4.78 is 2.23. The second-order valence-corrected chi connectivity index (χ2v) is 12.6. The lowest BCUT2D eigenvalue weighted by molar-refractivity contribution is -0.111. The Labute approximate surface area is 209 Å². The molecular formula is C32H38N2O. The number of rotatable bonds is 2. The summed E-state index contributed by atoms with van der Waals surface area (Å²) in [5.41, 5.74) is 7.00.